The number of nitrogens with zero attached hydrogens (tertiary/aromatic N) is 3. The predicted octanol–water partition coefficient (Wildman–Crippen LogP) is 3.42. The first-order valence-electron chi connectivity index (χ1n) is 5.37. The molecule has 3 aromatic rings. The van der Waals surface area contributed by atoms with E-state index in [2.05, 4.69) is 27.0 Å². The SMILES string of the molecule is N#CCc1c(-c2ccco2)nc2c(Br)cccn12. The van der Waals surface area contributed by atoms with Gasteiger partial charge in [0.2, 0.25) is 0 Å². The normalized spacial score (nSPS) is 10.7. The number of nitriles is 1. The van der Waals surface area contributed by atoms with E-state index >= 15 is 0 Å². The second-order valence-corrected chi connectivity index (χ2v) is 4.62. The van der Waals surface area contributed by atoms with Crippen molar-refractivity contribution in [1.82, 2.24) is 9.38 Å². The molecule has 0 saturated carbocycles. The van der Waals surface area contributed by atoms with E-state index in [9.17, 15) is 0 Å². The third kappa shape index (κ3) is 1.62. The topological polar surface area (TPSA) is 54.2 Å². The Hall–Kier alpha value is -2.06. The molecule has 0 fully saturated rings. The summed E-state index contributed by atoms with van der Waals surface area (Å²) in [6.45, 7) is 0. The van der Waals surface area contributed by atoms with E-state index in [-0.39, 0.29) is 6.42 Å². The number of pyridine rings is 1. The zero-order valence-corrected chi connectivity index (χ0v) is 10.9. The van der Waals surface area contributed by atoms with Crippen LogP contribution in [0.3, 0.4) is 0 Å². The Kier molecular flexibility index (Phi) is 2.65. The highest BCUT2D eigenvalue weighted by Crippen LogP contribution is 2.28. The van der Waals surface area contributed by atoms with Crippen molar-refractivity contribution in [3.63, 3.8) is 0 Å². The van der Waals surface area contributed by atoms with Crippen LogP contribution >= 0.6 is 15.9 Å². The van der Waals surface area contributed by atoms with Crippen LogP contribution in [0.1, 0.15) is 5.69 Å². The van der Waals surface area contributed by atoms with Crippen molar-refractivity contribution in [2.45, 2.75) is 6.42 Å². The number of hydrogen-bond acceptors (Lipinski definition) is 3. The summed E-state index contributed by atoms with van der Waals surface area (Å²) < 4.78 is 8.17. The fourth-order valence-electron chi connectivity index (χ4n) is 1.94. The lowest BCUT2D eigenvalue weighted by atomic mass is 10.2. The number of halogens is 1. The lowest BCUT2D eigenvalue weighted by Crippen LogP contribution is -1.92. The monoisotopic (exact) mass is 301 g/mol. The molecular weight excluding hydrogens is 294 g/mol. The van der Waals surface area contributed by atoms with Crippen molar-refractivity contribution in [2.75, 3.05) is 0 Å². The zero-order valence-electron chi connectivity index (χ0n) is 9.30. The summed E-state index contributed by atoms with van der Waals surface area (Å²) in [6, 6.07) is 9.65. The Morgan fingerprint density at radius 3 is 3.00 bits per heavy atom. The lowest BCUT2D eigenvalue weighted by molar-refractivity contribution is 0.580. The molecule has 0 amide bonds. The molecule has 5 heteroatoms. The van der Waals surface area contributed by atoms with Gasteiger partial charge in [0.1, 0.15) is 5.69 Å². The molecule has 0 aromatic carbocycles. The van der Waals surface area contributed by atoms with E-state index in [4.69, 9.17) is 9.68 Å². The highest BCUT2D eigenvalue weighted by molar-refractivity contribution is 9.10. The molecule has 0 spiro atoms. The zero-order chi connectivity index (χ0) is 12.5. The molecular formula is C13H8BrN3O. The van der Waals surface area contributed by atoms with E-state index in [1.54, 1.807) is 6.26 Å². The Morgan fingerprint density at radius 1 is 1.39 bits per heavy atom. The number of rotatable bonds is 2. The minimum absolute atomic E-state index is 0.285. The summed E-state index contributed by atoms with van der Waals surface area (Å²) in [4.78, 5) is 4.54. The van der Waals surface area contributed by atoms with Crippen LogP contribution < -0.4 is 0 Å². The van der Waals surface area contributed by atoms with Crippen LogP contribution in [0.4, 0.5) is 0 Å². The van der Waals surface area contributed by atoms with Crippen molar-refractivity contribution >= 4 is 21.6 Å². The minimum Gasteiger partial charge on any atom is -0.463 e. The van der Waals surface area contributed by atoms with Gasteiger partial charge in [0.05, 0.1) is 28.9 Å². The number of imidazole rings is 1. The molecule has 4 nitrogen and oxygen atoms in total. The van der Waals surface area contributed by atoms with E-state index in [0.29, 0.717) is 11.5 Å². The average Bonchev–Trinajstić information content (AvgIpc) is 2.98. The first kappa shape index (κ1) is 11.1. The van der Waals surface area contributed by atoms with Crippen LogP contribution in [0.5, 0.6) is 0 Å². The highest BCUT2D eigenvalue weighted by Gasteiger charge is 2.16. The van der Waals surface area contributed by atoms with Gasteiger partial charge in [0.25, 0.3) is 0 Å². The number of furan rings is 1. The van der Waals surface area contributed by atoms with Gasteiger partial charge in [0.15, 0.2) is 11.4 Å². The van der Waals surface area contributed by atoms with E-state index in [0.717, 1.165) is 15.8 Å². The molecule has 0 radical (unpaired) electrons. The summed E-state index contributed by atoms with van der Waals surface area (Å²) >= 11 is 3.46. The smallest absolute Gasteiger partial charge is 0.154 e. The van der Waals surface area contributed by atoms with Crippen LogP contribution in [0.25, 0.3) is 17.1 Å². The molecule has 0 atom stereocenters. The third-order valence-corrected chi connectivity index (χ3v) is 3.32. The van der Waals surface area contributed by atoms with Crippen molar-refractivity contribution in [3.8, 4) is 17.5 Å². The van der Waals surface area contributed by atoms with Gasteiger partial charge in [-0.1, -0.05) is 0 Å². The molecule has 0 aliphatic heterocycles. The van der Waals surface area contributed by atoms with Crippen molar-refractivity contribution in [2.24, 2.45) is 0 Å². The molecule has 0 N–H and O–H groups in total. The molecule has 0 aliphatic carbocycles. The first-order chi connectivity index (χ1) is 8.81. The van der Waals surface area contributed by atoms with E-state index in [1.807, 2.05) is 34.9 Å². The van der Waals surface area contributed by atoms with Crippen molar-refractivity contribution in [1.29, 1.82) is 5.26 Å². The average molecular weight is 302 g/mol. The summed E-state index contributed by atoms with van der Waals surface area (Å²) in [5.74, 6) is 0.677. The Morgan fingerprint density at radius 2 is 2.28 bits per heavy atom. The summed E-state index contributed by atoms with van der Waals surface area (Å²) in [5, 5.41) is 8.96. The molecule has 88 valence electrons. The fourth-order valence-corrected chi connectivity index (χ4v) is 2.37. The van der Waals surface area contributed by atoms with Crippen LogP contribution in [0, 0.1) is 11.3 Å². The van der Waals surface area contributed by atoms with Gasteiger partial charge in [-0.3, -0.25) is 0 Å². The molecule has 3 heterocycles. The summed E-state index contributed by atoms with van der Waals surface area (Å²) in [5.41, 5.74) is 2.34. The van der Waals surface area contributed by atoms with Gasteiger partial charge in [0, 0.05) is 6.20 Å². The molecule has 3 aromatic heterocycles. The van der Waals surface area contributed by atoms with Crippen molar-refractivity contribution in [3.05, 3.63) is 46.9 Å². The third-order valence-electron chi connectivity index (χ3n) is 2.70. The van der Waals surface area contributed by atoms with Gasteiger partial charge in [-0.2, -0.15) is 5.26 Å². The van der Waals surface area contributed by atoms with Crippen LogP contribution in [-0.2, 0) is 6.42 Å². The molecule has 0 saturated heterocycles. The number of hydrogen-bond donors (Lipinski definition) is 0. The lowest BCUT2D eigenvalue weighted by Gasteiger charge is -1.99. The second kappa shape index (κ2) is 4.31. The summed E-state index contributed by atoms with van der Waals surface area (Å²) in [7, 11) is 0. The number of aromatic nitrogens is 2. The maximum absolute atomic E-state index is 8.96. The fraction of sp³-hybridized carbons (Fsp3) is 0.0769. The van der Waals surface area contributed by atoms with Gasteiger partial charge in [-0.15, -0.1) is 0 Å². The predicted molar refractivity (Wildman–Crippen MR) is 69.9 cm³/mol. The number of fused-ring (bicyclic) bond motifs is 1. The van der Waals surface area contributed by atoms with Crippen molar-refractivity contribution < 1.29 is 4.42 Å². The van der Waals surface area contributed by atoms with E-state index in [1.165, 1.54) is 0 Å². The quantitative estimate of drug-likeness (QED) is 0.729. The molecule has 18 heavy (non-hydrogen) atoms. The molecule has 0 aliphatic rings. The Bertz CT molecular complexity index is 738. The van der Waals surface area contributed by atoms with Crippen LogP contribution in [-0.4, -0.2) is 9.38 Å². The second-order valence-electron chi connectivity index (χ2n) is 3.77. The maximum atomic E-state index is 8.96. The standard InChI is InChI=1S/C13H8BrN3O/c14-9-3-1-7-17-10(5-6-15)12(16-13(9)17)11-4-2-8-18-11/h1-4,7-8H,5H2. The largest absolute Gasteiger partial charge is 0.463 e. The molecule has 0 unspecified atom stereocenters. The van der Waals surface area contributed by atoms with Crippen LogP contribution in [0.15, 0.2) is 45.6 Å². The first-order valence-corrected chi connectivity index (χ1v) is 6.17. The van der Waals surface area contributed by atoms with Gasteiger partial charge >= 0.3 is 0 Å². The van der Waals surface area contributed by atoms with Gasteiger partial charge < -0.3 is 8.82 Å². The van der Waals surface area contributed by atoms with Gasteiger partial charge in [-0.25, -0.2) is 4.98 Å². The Labute approximate surface area is 112 Å². The maximum Gasteiger partial charge on any atom is 0.154 e. The molecule has 0 bridgehead atoms. The van der Waals surface area contributed by atoms with Crippen LogP contribution in [0.2, 0.25) is 0 Å². The minimum atomic E-state index is 0.285. The van der Waals surface area contributed by atoms with E-state index < -0.39 is 0 Å². The van der Waals surface area contributed by atoms with Gasteiger partial charge in [-0.05, 0) is 40.2 Å². The summed E-state index contributed by atoms with van der Waals surface area (Å²) in [6.07, 6.45) is 3.78. The highest BCUT2D eigenvalue weighted by atomic mass is 79.9. The molecule has 3 rings (SSSR count). The Balaban J connectivity index is 2.35.